The predicted molar refractivity (Wildman–Crippen MR) is 115 cm³/mol. The molecule has 0 saturated carbocycles. The summed E-state index contributed by atoms with van der Waals surface area (Å²) in [4.78, 5) is 0. The van der Waals surface area contributed by atoms with Crippen molar-refractivity contribution in [2.24, 2.45) is 0 Å². The average molecular weight is 392 g/mol. The summed E-state index contributed by atoms with van der Waals surface area (Å²) in [5, 5.41) is 9.78. The van der Waals surface area contributed by atoms with Crippen LogP contribution in [-0.2, 0) is 10.3 Å². The van der Waals surface area contributed by atoms with E-state index in [1.807, 2.05) is 66.7 Å². The molecule has 29 heavy (non-hydrogen) atoms. The van der Waals surface area contributed by atoms with Crippen LogP contribution in [0.3, 0.4) is 0 Å². The fraction of sp³-hybridized carbons (Fsp3) is 0.280. The minimum Gasteiger partial charge on any atom is -0.497 e. The first-order valence-electron chi connectivity index (χ1n) is 9.76. The van der Waals surface area contributed by atoms with Crippen LogP contribution in [-0.4, -0.2) is 32.0 Å². The second-order valence-electron chi connectivity index (χ2n) is 6.99. The van der Waals surface area contributed by atoms with E-state index in [1.165, 1.54) is 0 Å². The molecular weight excluding hydrogens is 364 g/mol. The molecule has 0 saturated heterocycles. The Morgan fingerprint density at radius 3 is 1.59 bits per heavy atom. The second-order valence-corrected chi connectivity index (χ2v) is 6.99. The molecule has 0 aliphatic heterocycles. The van der Waals surface area contributed by atoms with Crippen LogP contribution >= 0.6 is 0 Å². The maximum absolute atomic E-state index is 9.78. The van der Waals surface area contributed by atoms with Gasteiger partial charge in [0, 0.05) is 0 Å². The van der Waals surface area contributed by atoms with Crippen molar-refractivity contribution in [2.45, 2.75) is 25.0 Å². The summed E-state index contributed by atoms with van der Waals surface area (Å²) >= 11 is 0. The zero-order valence-electron chi connectivity index (χ0n) is 17.2. The lowest BCUT2D eigenvalue weighted by Gasteiger charge is -2.36. The zero-order chi connectivity index (χ0) is 20.7. The van der Waals surface area contributed by atoms with Gasteiger partial charge in [-0.3, -0.25) is 0 Å². The average Bonchev–Trinajstić information content (AvgIpc) is 2.77. The van der Waals surface area contributed by atoms with Crippen molar-refractivity contribution in [2.75, 3.05) is 20.8 Å². The van der Waals surface area contributed by atoms with Crippen LogP contribution in [0.25, 0.3) is 0 Å². The van der Waals surface area contributed by atoms with Crippen LogP contribution in [0, 0.1) is 0 Å². The van der Waals surface area contributed by atoms with Crippen LogP contribution in [0.2, 0.25) is 0 Å². The SMILES string of the molecule is COc1ccc(C(OCC[C@@H](C)O)(c2ccccc2)c2ccc(OC)cc2)cc1. The molecule has 1 atom stereocenters. The van der Waals surface area contributed by atoms with Gasteiger partial charge in [0.2, 0.25) is 0 Å². The Morgan fingerprint density at radius 2 is 1.17 bits per heavy atom. The van der Waals surface area contributed by atoms with E-state index in [0.29, 0.717) is 13.0 Å². The predicted octanol–water partition coefficient (Wildman–Crippen LogP) is 4.78. The molecule has 152 valence electrons. The molecule has 0 unspecified atom stereocenters. The number of rotatable bonds is 9. The summed E-state index contributed by atoms with van der Waals surface area (Å²) in [6.07, 6.45) is 0.108. The maximum Gasteiger partial charge on any atom is 0.143 e. The molecule has 1 N–H and O–H groups in total. The Hall–Kier alpha value is -2.82. The number of hydrogen-bond acceptors (Lipinski definition) is 4. The van der Waals surface area contributed by atoms with E-state index in [4.69, 9.17) is 14.2 Å². The van der Waals surface area contributed by atoms with Crippen molar-refractivity contribution < 1.29 is 19.3 Å². The van der Waals surface area contributed by atoms with Crippen molar-refractivity contribution in [1.29, 1.82) is 0 Å². The fourth-order valence-electron chi connectivity index (χ4n) is 3.46. The zero-order valence-corrected chi connectivity index (χ0v) is 17.2. The van der Waals surface area contributed by atoms with Crippen molar-refractivity contribution in [3.63, 3.8) is 0 Å². The van der Waals surface area contributed by atoms with E-state index in [1.54, 1.807) is 21.1 Å². The lowest BCUT2D eigenvalue weighted by Crippen LogP contribution is -2.33. The third-order valence-electron chi connectivity index (χ3n) is 5.03. The third kappa shape index (κ3) is 4.61. The highest BCUT2D eigenvalue weighted by molar-refractivity contribution is 5.49. The Balaban J connectivity index is 2.18. The van der Waals surface area contributed by atoms with Crippen LogP contribution in [0.4, 0.5) is 0 Å². The van der Waals surface area contributed by atoms with E-state index in [0.717, 1.165) is 28.2 Å². The minimum atomic E-state index is -0.825. The smallest absolute Gasteiger partial charge is 0.143 e. The largest absolute Gasteiger partial charge is 0.497 e. The monoisotopic (exact) mass is 392 g/mol. The molecule has 0 heterocycles. The first-order valence-corrected chi connectivity index (χ1v) is 9.76. The lowest BCUT2D eigenvalue weighted by molar-refractivity contribution is -0.00302. The number of hydrogen-bond donors (Lipinski definition) is 1. The van der Waals surface area contributed by atoms with Crippen molar-refractivity contribution in [1.82, 2.24) is 0 Å². The van der Waals surface area contributed by atoms with Gasteiger partial charge in [-0.2, -0.15) is 0 Å². The fourth-order valence-corrected chi connectivity index (χ4v) is 3.46. The molecule has 0 aromatic heterocycles. The summed E-state index contributed by atoms with van der Waals surface area (Å²) in [6.45, 7) is 2.18. The molecule has 3 rings (SSSR count). The number of aliphatic hydroxyl groups excluding tert-OH is 1. The summed E-state index contributed by atoms with van der Waals surface area (Å²) in [6, 6.07) is 26.0. The molecule has 4 heteroatoms. The Bertz CT molecular complexity index is 823. The highest BCUT2D eigenvalue weighted by atomic mass is 16.5. The highest BCUT2D eigenvalue weighted by Crippen LogP contribution is 2.41. The number of ether oxygens (including phenoxy) is 3. The van der Waals surface area contributed by atoms with E-state index < -0.39 is 11.7 Å². The molecule has 0 aliphatic carbocycles. The molecule has 0 fully saturated rings. The maximum atomic E-state index is 9.78. The van der Waals surface area contributed by atoms with Gasteiger partial charge in [0.1, 0.15) is 17.1 Å². The molecule has 4 nitrogen and oxygen atoms in total. The van der Waals surface area contributed by atoms with Crippen molar-refractivity contribution >= 4 is 0 Å². The summed E-state index contributed by atoms with van der Waals surface area (Å²) in [5.41, 5.74) is 2.16. The number of aliphatic hydroxyl groups is 1. The molecule has 3 aromatic rings. The van der Waals surface area contributed by atoms with Gasteiger partial charge < -0.3 is 19.3 Å². The van der Waals surface area contributed by atoms with Gasteiger partial charge in [0.25, 0.3) is 0 Å². The molecule has 3 aromatic carbocycles. The highest BCUT2D eigenvalue weighted by Gasteiger charge is 2.37. The third-order valence-corrected chi connectivity index (χ3v) is 5.03. The number of methoxy groups -OCH3 is 2. The molecule has 0 spiro atoms. The summed E-state index contributed by atoms with van der Waals surface area (Å²) in [5.74, 6) is 1.57. The van der Waals surface area contributed by atoms with Gasteiger partial charge in [-0.05, 0) is 54.3 Å². The van der Waals surface area contributed by atoms with E-state index in [2.05, 4.69) is 12.1 Å². The summed E-state index contributed by atoms with van der Waals surface area (Å²) in [7, 11) is 3.31. The number of benzene rings is 3. The van der Waals surface area contributed by atoms with Gasteiger partial charge in [-0.1, -0.05) is 54.6 Å². The van der Waals surface area contributed by atoms with Gasteiger partial charge in [-0.15, -0.1) is 0 Å². The Kier molecular flexibility index (Phi) is 6.91. The van der Waals surface area contributed by atoms with Crippen molar-refractivity contribution in [3.05, 3.63) is 95.6 Å². The lowest BCUT2D eigenvalue weighted by atomic mass is 9.80. The standard InChI is InChI=1S/C25H28O4/c1-19(26)17-18-29-25(20-7-5-4-6-8-20,21-9-13-23(27-2)14-10-21)22-11-15-24(28-3)16-12-22/h4-16,19,26H,17-18H2,1-3H3/t19-/m1/s1. The van der Waals surface area contributed by atoms with Gasteiger partial charge in [0.05, 0.1) is 26.9 Å². The van der Waals surface area contributed by atoms with Gasteiger partial charge in [-0.25, -0.2) is 0 Å². The normalized spacial score (nSPS) is 12.4. The topological polar surface area (TPSA) is 47.9 Å². The van der Waals surface area contributed by atoms with Gasteiger partial charge in [0.15, 0.2) is 0 Å². The minimum absolute atomic E-state index is 0.407. The molecule has 0 aliphatic rings. The first kappa shape index (κ1) is 20.9. The molecular formula is C25H28O4. The first-order chi connectivity index (χ1) is 14.1. The second kappa shape index (κ2) is 9.59. The Labute approximate surface area is 172 Å². The van der Waals surface area contributed by atoms with E-state index in [9.17, 15) is 5.11 Å². The van der Waals surface area contributed by atoms with E-state index >= 15 is 0 Å². The van der Waals surface area contributed by atoms with Gasteiger partial charge >= 0.3 is 0 Å². The van der Waals surface area contributed by atoms with Crippen LogP contribution in [0.15, 0.2) is 78.9 Å². The van der Waals surface area contributed by atoms with Crippen LogP contribution in [0.5, 0.6) is 11.5 Å². The van der Waals surface area contributed by atoms with Crippen LogP contribution < -0.4 is 9.47 Å². The molecule has 0 bridgehead atoms. The quantitative estimate of drug-likeness (QED) is 0.532. The van der Waals surface area contributed by atoms with Crippen LogP contribution in [0.1, 0.15) is 30.0 Å². The molecule has 0 amide bonds. The van der Waals surface area contributed by atoms with E-state index in [-0.39, 0.29) is 0 Å². The summed E-state index contributed by atoms with van der Waals surface area (Å²) < 4.78 is 17.3. The molecule has 0 radical (unpaired) electrons. The van der Waals surface area contributed by atoms with Crippen molar-refractivity contribution in [3.8, 4) is 11.5 Å². The Morgan fingerprint density at radius 1 is 0.724 bits per heavy atom.